The summed E-state index contributed by atoms with van der Waals surface area (Å²) in [6.45, 7) is 3.57. The van der Waals surface area contributed by atoms with Crippen molar-refractivity contribution in [1.29, 1.82) is 0 Å². The van der Waals surface area contributed by atoms with Crippen LogP contribution in [0.3, 0.4) is 0 Å². The topological polar surface area (TPSA) is 17.1 Å². The van der Waals surface area contributed by atoms with Crippen LogP contribution < -0.4 is 0 Å². The monoisotopic (exact) mass is 244 g/mol. The molecule has 0 aliphatic carbocycles. The zero-order valence-corrected chi connectivity index (χ0v) is 8.95. The first-order chi connectivity index (χ1) is 5.74. The molecule has 0 spiro atoms. The SMILES string of the molecule is C=CCCC(=O)c1csc(Br)c1. The minimum Gasteiger partial charge on any atom is -0.294 e. The Labute approximate surface area is 84.2 Å². The van der Waals surface area contributed by atoms with Crippen molar-refractivity contribution >= 4 is 33.0 Å². The molecule has 1 rings (SSSR count). The average molecular weight is 245 g/mol. The van der Waals surface area contributed by atoms with Crippen LogP contribution in [0.15, 0.2) is 27.9 Å². The number of rotatable bonds is 4. The van der Waals surface area contributed by atoms with Crippen LogP contribution >= 0.6 is 27.3 Å². The molecule has 0 bridgehead atoms. The number of hydrogen-bond donors (Lipinski definition) is 0. The number of thiophene rings is 1. The van der Waals surface area contributed by atoms with Crippen molar-refractivity contribution in [2.45, 2.75) is 12.8 Å². The summed E-state index contributed by atoms with van der Waals surface area (Å²) in [5.41, 5.74) is 0.800. The lowest BCUT2D eigenvalue weighted by atomic mass is 10.1. The summed E-state index contributed by atoms with van der Waals surface area (Å²) >= 11 is 4.85. The van der Waals surface area contributed by atoms with Crippen molar-refractivity contribution in [1.82, 2.24) is 0 Å². The summed E-state index contributed by atoms with van der Waals surface area (Å²) in [4.78, 5) is 11.4. The van der Waals surface area contributed by atoms with Crippen LogP contribution in [-0.2, 0) is 0 Å². The highest BCUT2D eigenvalue weighted by molar-refractivity contribution is 9.11. The molecule has 0 saturated carbocycles. The average Bonchev–Trinajstić information content (AvgIpc) is 2.47. The van der Waals surface area contributed by atoms with Gasteiger partial charge < -0.3 is 0 Å². The molecule has 0 saturated heterocycles. The first-order valence-electron chi connectivity index (χ1n) is 3.62. The molecular formula is C9H9BrOS. The molecule has 0 unspecified atom stereocenters. The van der Waals surface area contributed by atoms with E-state index in [4.69, 9.17) is 0 Å². The molecule has 1 aromatic rings. The maximum atomic E-state index is 11.4. The minimum atomic E-state index is 0.192. The quantitative estimate of drug-likeness (QED) is 0.584. The van der Waals surface area contributed by atoms with E-state index >= 15 is 0 Å². The number of halogens is 1. The molecule has 0 aliphatic heterocycles. The molecule has 12 heavy (non-hydrogen) atoms. The molecule has 0 aliphatic rings. The highest BCUT2D eigenvalue weighted by Gasteiger charge is 2.05. The van der Waals surface area contributed by atoms with Crippen molar-refractivity contribution in [3.8, 4) is 0 Å². The van der Waals surface area contributed by atoms with Crippen LogP contribution in [0.4, 0.5) is 0 Å². The third-order valence-electron chi connectivity index (χ3n) is 1.46. The van der Waals surface area contributed by atoms with E-state index < -0.39 is 0 Å². The van der Waals surface area contributed by atoms with Gasteiger partial charge in [0.25, 0.3) is 0 Å². The highest BCUT2D eigenvalue weighted by atomic mass is 79.9. The fraction of sp³-hybridized carbons (Fsp3) is 0.222. The fourth-order valence-corrected chi connectivity index (χ4v) is 1.99. The van der Waals surface area contributed by atoms with Gasteiger partial charge in [-0.15, -0.1) is 17.9 Å². The predicted octanol–water partition coefficient (Wildman–Crippen LogP) is 3.66. The Morgan fingerprint density at radius 1 is 1.75 bits per heavy atom. The van der Waals surface area contributed by atoms with E-state index in [1.54, 1.807) is 6.08 Å². The van der Waals surface area contributed by atoms with Gasteiger partial charge in [0.1, 0.15) is 0 Å². The van der Waals surface area contributed by atoms with Gasteiger partial charge in [-0.05, 0) is 28.4 Å². The van der Waals surface area contributed by atoms with Gasteiger partial charge in [0, 0.05) is 17.4 Å². The second kappa shape index (κ2) is 4.58. The van der Waals surface area contributed by atoms with Gasteiger partial charge in [0.05, 0.1) is 3.79 Å². The summed E-state index contributed by atoms with van der Waals surface area (Å²) in [7, 11) is 0. The maximum absolute atomic E-state index is 11.4. The zero-order valence-electron chi connectivity index (χ0n) is 6.55. The molecule has 0 amide bonds. The fourth-order valence-electron chi connectivity index (χ4n) is 0.834. The van der Waals surface area contributed by atoms with Gasteiger partial charge in [-0.3, -0.25) is 4.79 Å². The normalized spacial score (nSPS) is 9.75. The summed E-state index contributed by atoms with van der Waals surface area (Å²) in [5, 5.41) is 1.87. The molecule has 1 nitrogen and oxygen atoms in total. The molecule has 0 atom stereocenters. The summed E-state index contributed by atoms with van der Waals surface area (Å²) < 4.78 is 1.00. The van der Waals surface area contributed by atoms with Crippen molar-refractivity contribution in [2.75, 3.05) is 0 Å². The first-order valence-corrected chi connectivity index (χ1v) is 5.29. The van der Waals surface area contributed by atoms with Crippen molar-refractivity contribution in [3.05, 3.63) is 33.5 Å². The molecule has 0 radical (unpaired) electrons. The molecule has 0 fully saturated rings. The molecule has 3 heteroatoms. The Kier molecular flexibility index (Phi) is 3.69. The summed E-state index contributed by atoms with van der Waals surface area (Å²) in [6, 6.07) is 1.86. The van der Waals surface area contributed by atoms with Crippen LogP contribution in [0.2, 0.25) is 0 Å². The van der Waals surface area contributed by atoms with Gasteiger partial charge in [0.2, 0.25) is 0 Å². The van der Waals surface area contributed by atoms with Gasteiger partial charge >= 0.3 is 0 Å². The lowest BCUT2D eigenvalue weighted by Crippen LogP contribution is -1.94. The van der Waals surface area contributed by atoms with E-state index in [9.17, 15) is 4.79 Å². The van der Waals surface area contributed by atoms with E-state index in [2.05, 4.69) is 22.5 Å². The Hall–Kier alpha value is -0.410. The number of ketones is 1. The number of carbonyl (C=O) groups is 1. The van der Waals surface area contributed by atoms with E-state index in [0.717, 1.165) is 15.8 Å². The third-order valence-corrected chi connectivity index (χ3v) is 2.97. The summed E-state index contributed by atoms with van der Waals surface area (Å²) in [6.07, 6.45) is 3.08. The van der Waals surface area contributed by atoms with Gasteiger partial charge in [0.15, 0.2) is 5.78 Å². The van der Waals surface area contributed by atoms with Crippen LogP contribution in [0.5, 0.6) is 0 Å². The molecule has 0 N–H and O–H groups in total. The Morgan fingerprint density at radius 2 is 2.50 bits per heavy atom. The van der Waals surface area contributed by atoms with Gasteiger partial charge in [-0.2, -0.15) is 0 Å². The Morgan fingerprint density at radius 3 is 3.00 bits per heavy atom. The molecule has 0 aromatic carbocycles. The van der Waals surface area contributed by atoms with E-state index in [0.29, 0.717) is 6.42 Å². The second-order valence-corrected chi connectivity index (χ2v) is 4.68. The van der Waals surface area contributed by atoms with E-state index in [-0.39, 0.29) is 5.78 Å². The first kappa shape index (κ1) is 9.68. The number of Topliss-reactive ketones (excluding diaryl/α,β-unsaturated/α-hetero) is 1. The lowest BCUT2D eigenvalue weighted by Gasteiger charge is -1.92. The van der Waals surface area contributed by atoms with Crippen LogP contribution in [0.25, 0.3) is 0 Å². The van der Waals surface area contributed by atoms with Gasteiger partial charge in [-0.25, -0.2) is 0 Å². The van der Waals surface area contributed by atoms with Crippen molar-refractivity contribution in [3.63, 3.8) is 0 Å². The minimum absolute atomic E-state index is 0.192. The number of allylic oxidation sites excluding steroid dienone is 1. The Balaban J connectivity index is 2.59. The van der Waals surface area contributed by atoms with Crippen molar-refractivity contribution < 1.29 is 4.79 Å². The molecule has 1 heterocycles. The Bertz CT molecular complexity index is 290. The maximum Gasteiger partial charge on any atom is 0.164 e. The van der Waals surface area contributed by atoms with E-state index in [1.165, 1.54) is 11.3 Å². The highest BCUT2D eigenvalue weighted by Crippen LogP contribution is 2.21. The standard InChI is InChI=1S/C9H9BrOS/c1-2-3-4-8(11)7-5-9(10)12-6-7/h2,5-6H,1,3-4H2. The third kappa shape index (κ3) is 2.57. The largest absolute Gasteiger partial charge is 0.294 e. The van der Waals surface area contributed by atoms with Crippen molar-refractivity contribution in [2.24, 2.45) is 0 Å². The van der Waals surface area contributed by atoms with Crippen LogP contribution in [0, 0.1) is 0 Å². The summed E-state index contributed by atoms with van der Waals surface area (Å²) in [5.74, 6) is 0.192. The smallest absolute Gasteiger partial charge is 0.164 e. The molecular weight excluding hydrogens is 236 g/mol. The molecule has 1 aromatic heterocycles. The zero-order chi connectivity index (χ0) is 8.97. The van der Waals surface area contributed by atoms with E-state index in [1.807, 2.05) is 11.4 Å². The van der Waals surface area contributed by atoms with Crippen LogP contribution in [-0.4, -0.2) is 5.78 Å². The molecule has 64 valence electrons. The number of hydrogen-bond acceptors (Lipinski definition) is 2. The van der Waals surface area contributed by atoms with Gasteiger partial charge in [-0.1, -0.05) is 6.08 Å². The van der Waals surface area contributed by atoms with Crippen LogP contribution in [0.1, 0.15) is 23.2 Å². The number of carbonyl (C=O) groups excluding carboxylic acids is 1. The lowest BCUT2D eigenvalue weighted by molar-refractivity contribution is 0.0984. The second-order valence-electron chi connectivity index (χ2n) is 2.39. The predicted molar refractivity (Wildman–Crippen MR) is 55.8 cm³/mol.